The summed E-state index contributed by atoms with van der Waals surface area (Å²) in [5.41, 5.74) is 6.92. The van der Waals surface area contributed by atoms with Gasteiger partial charge in [0, 0.05) is 6.54 Å². The first-order valence-corrected chi connectivity index (χ1v) is 9.15. The number of benzene rings is 1. The standard InChI is InChI=1S/C18H28N5O/c1-3-11-22(12-4-2)13-10-19-18-20-16-9-8-14-6-5-7-15(14)17(16)23(24)21-18/h8-9H,3-7,10-13H2,1-2H3,(H2,19,20,21)/q-1. The van der Waals surface area contributed by atoms with Crippen LogP contribution in [0.2, 0.25) is 0 Å². The molecule has 132 valence electrons. The minimum atomic E-state index is 0.545. The Kier molecular flexibility index (Phi) is 5.58. The van der Waals surface area contributed by atoms with Crippen molar-refractivity contribution in [1.29, 1.82) is 0 Å². The summed E-state index contributed by atoms with van der Waals surface area (Å²) in [5, 5.41) is 16.6. The molecule has 1 aliphatic carbocycles. The second kappa shape index (κ2) is 7.85. The average Bonchev–Trinajstić information content (AvgIpc) is 3.03. The highest BCUT2D eigenvalue weighted by Gasteiger charge is 2.23. The van der Waals surface area contributed by atoms with Crippen molar-refractivity contribution < 1.29 is 0 Å². The van der Waals surface area contributed by atoms with Gasteiger partial charge in [-0.25, -0.2) is 0 Å². The summed E-state index contributed by atoms with van der Waals surface area (Å²) in [6, 6.07) is 4.14. The van der Waals surface area contributed by atoms with Gasteiger partial charge < -0.3 is 20.6 Å². The van der Waals surface area contributed by atoms with Gasteiger partial charge in [0.05, 0.1) is 17.9 Å². The van der Waals surface area contributed by atoms with Crippen LogP contribution in [0.4, 0.5) is 11.4 Å². The zero-order valence-electron chi connectivity index (χ0n) is 14.8. The predicted octanol–water partition coefficient (Wildman–Crippen LogP) is 2.89. The van der Waals surface area contributed by atoms with Gasteiger partial charge in [0.25, 0.3) is 0 Å². The average molecular weight is 330 g/mol. The van der Waals surface area contributed by atoms with E-state index in [0.717, 1.165) is 68.3 Å². The van der Waals surface area contributed by atoms with E-state index in [-0.39, 0.29) is 0 Å². The molecular weight excluding hydrogens is 302 g/mol. The Balaban J connectivity index is 1.65. The molecule has 0 amide bonds. The Hall–Kier alpha value is -1.79. The van der Waals surface area contributed by atoms with E-state index in [1.807, 2.05) is 6.07 Å². The topological polar surface area (TPSA) is 66.0 Å². The van der Waals surface area contributed by atoms with Crippen molar-refractivity contribution in [3.8, 4) is 0 Å². The lowest BCUT2D eigenvalue weighted by Gasteiger charge is -2.39. The lowest BCUT2D eigenvalue weighted by Crippen LogP contribution is -2.47. The second-order valence-corrected chi connectivity index (χ2v) is 6.56. The summed E-state index contributed by atoms with van der Waals surface area (Å²) in [7, 11) is 0. The maximum Gasteiger partial charge on any atom is 0.214 e. The van der Waals surface area contributed by atoms with E-state index in [2.05, 4.69) is 40.5 Å². The molecule has 3 rings (SSSR count). The first-order valence-electron chi connectivity index (χ1n) is 9.15. The fourth-order valence-corrected chi connectivity index (χ4v) is 3.63. The van der Waals surface area contributed by atoms with E-state index in [0.29, 0.717) is 12.5 Å². The molecule has 0 atom stereocenters. The molecule has 0 aromatic heterocycles. The largest absolute Gasteiger partial charge is 0.739 e. The van der Waals surface area contributed by atoms with Crippen molar-refractivity contribution >= 4 is 17.3 Å². The number of aryl methyl sites for hydroxylation is 1. The van der Waals surface area contributed by atoms with Gasteiger partial charge >= 0.3 is 0 Å². The number of hydrogen-bond donors (Lipinski definition) is 2. The molecule has 0 radical (unpaired) electrons. The van der Waals surface area contributed by atoms with Crippen LogP contribution < -0.4 is 15.9 Å². The fraction of sp³-hybridized carbons (Fsp3) is 0.611. The molecule has 6 heteroatoms. The highest BCUT2D eigenvalue weighted by atomic mass is 16.5. The van der Waals surface area contributed by atoms with Crippen molar-refractivity contribution in [2.24, 2.45) is 4.99 Å². The molecule has 1 heterocycles. The molecule has 0 spiro atoms. The van der Waals surface area contributed by atoms with Crippen molar-refractivity contribution in [2.75, 3.05) is 36.7 Å². The minimum absolute atomic E-state index is 0.545. The van der Waals surface area contributed by atoms with Crippen LogP contribution in [0.1, 0.15) is 44.2 Å². The van der Waals surface area contributed by atoms with Crippen LogP contribution in [0.3, 0.4) is 0 Å². The van der Waals surface area contributed by atoms with E-state index >= 15 is 0 Å². The van der Waals surface area contributed by atoms with E-state index in [9.17, 15) is 5.21 Å². The van der Waals surface area contributed by atoms with Gasteiger partial charge in [-0.1, -0.05) is 19.9 Å². The zero-order chi connectivity index (χ0) is 16.9. The number of nitrogens with zero attached hydrogens (tertiary/aromatic N) is 3. The van der Waals surface area contributed by atoms with Crippen LogP contribution >= 0.6 is 0 Å². The molecule has 1 aromatic rings. The second-order valence-electron chi connectivity index (χ2n) is 6.56. The summed E-state index contributed by atoms with van der Waals surface area (Å²) in [6.45, 7) is 8.20. The monoisotopic (exact) mass is 330 g/mol. The van der Waals surface area contributed by atoms with Crippen LogP contribution in [0.15, 0.2) is 17.1 Å². The molecule has 6 nitrogen and oxygen atoms in total. The molecule has 1 aliphatic heterocycles. The number of guanidine groups is 1. The first-order chi connectivity index (χ1) is 11.7. The third kappa shape index (κ3) is 3.65. The van der Waals surface area contributed by atoms with Gasteiger partial charge in [-0.05, 0) is 62.4 Å². The number of hydrazine groups is 1. The van der Waals surface area contributed by atoms with Gasteiger partial charge in [0.1, 0.15) is 0 Å². The van der Waals surface area contributed by atoms with Crippen LogP contribution in [0, 0.1) is 5.21 Å². The molecular formula is C18H28N5O-. The maximum absolute atomic E-state index is 12.4. The van der Waals surface area contributed by atoms with E-state index < -0.39 is 0 Å². The number of hydrogen-bond acceptors (Lipinski definition) is 4. The quantitative estimate of drug-likeness (QED) is 0.805. The lowest BCUT2D eigenvalue weighted by molar-refractivity contribution is 0.282. The van der Waals surface area contributed by atoms with Crippen molar-refractivity contribution in [2.45, 2.75) is 46.0 Å². The number of fused-ring (bicyclic) bond motifs is 3. The smallest absolute Gasteiger partial charge is 0.214 e. The molecule has 2 N–H and O–H groups in total. The predicted molar refractivity (Wildman–Crippen MR) is 100 cm³/mol. The molecule has 0 saturated heterocycles. The maximum atomic E-state index is 12.4. The molecule has 0 fully saturated rings. The van der Waals surface area contributed by atoms with Crippen LogP contribution in [-0.2, 0) is 12.8 Å². The summed E-state index contributed by atoms with van der Waals surface area (Å²) in [4.78, 5) is 6.96. The van der Waals surface area contributed by atoms with Crippen LogP contribution in [0.25, 0.3) is 0 Å². The van der Waals surface area contributed by atoms with Crippen LogP contribution in [-0.4, -0.2) is 37.0 Å². The molecule has 2 aliphatic rings. The van der Waals surface area contributed by atoms with Gasteiger partial charge in [-0.3, -0.25) is 10.4 Å². The van der Waals surface area contributed by atoms with Gasteiger partial charge in [0.2, 0.25) is 5.96 Å². The Morgan fingerprint density at radius 3 is 2.71 bits per heavy atom. The van der Waals surface area contributed by atoms with Crippen molar-refractivity contribution in [1.82, 2.24) is 10.3 Å². The highest BCUT2D eigenvalue weighted by Crippen LogP contribution is 2.38. The number of aliphatic imine (C=N–C) groups is 1. The van der Waals surface area contributed by atoms with E-state index in [1.54, 1.807) is 0 Å². The first kappa shape index (κ1) is 17.0. The third-order valence-electron chi connectivity index (χ3n) is 4.68. The Bertz CT molecular complexity index is 595. The SMILES string of the molecule is CCCN(CCC)CCN=C1Nc2ccc3c(c2N([O-])N1)CCC3. The lowest BCUT2D eigenvalue weighted by atomic mass is 10.1. The van der Waals surface area contributed by atoms with Crippen molar-refractivity contribution in [3.05, 3.63) is 28.5 Å². The molecule has 24 heavy (non-hydrogen) atoms. The van der Waals surface area contributed by atoms with E-state index in [4.69, 9.17) is 0 Å². The summed E-state index contributed by atoms with van der Waals surface area (Å²) >= 11 is 0. The van der Waals surface area contributed by atoms with Crippen LogP contribution in [0.5, 0.6) is 0 Å². The minimum Gasteiger partial charge on any atom is -0.739 e. The highest BCUT2D eigenvalue weighted by molar-refractivity contribution is 6.02. The molecule has 0 bridgehead atoms. The number of nitrogens with one attached hydrogen (secondary N) is 2. The normalized spacial score (nSPS) is 17.7. The molecule has 0 unspecified atom stereocenters. The molecule has 1 aromatic carbocycles. The number of rotatable bonds is 7. The van der Waals surface area contributed by atoms with Gasteiger partial charge in [-0.15, -0.1) is 0 Å². The fourth-order valence-electron chi connectivity index (χ4n) is 3.63. The van der Waals surface area contributed by atoms with E-state index in [1.165, 1.54) is 11.1 Å². The zero-order valence-corrected chi connectivity index (χ0v) is 14.8. The summed E-state index contributed by atoms with van der Waals surface area (Å²) < 4.78 is 0. The van der Waals surface area contributed by atoms with Gasteiger partial charge in [0.15, 0.2) is 0 Å². The van der Waals surface area contributed by atoms with Gasteiger partial charge in [-0.2, -0.15) is 0 Å². The Morgan fingerprint density at radius 2 is 1.96 bits per heavy atom. The summed E-state index contributed by atoms with van der Waals surface area (Å²) in [5.74, 6) is 0.545. The Morgan fingerprint density at radius 1 is 1.17 bits per heavy atom. The summed E-state index contributed by atoms with van der Waals surface area (Å²) in [6.07, 6.45) is 5.49. The Labute approximate surface area is 144 Å². The molecule has 0 saturated carbocycles. The number of anilines is 2. The van der Waals surface area contributed by atoms with Crippen molar-refractivity contribution in [3.63, 3.8) is 0 Å². The third-order valence-corrected chi connectivity index (χ3v) is 4.68.